The van der Waals surface area contributed by atoms with E-state index in [2.05, 4.69) is 4.98 Å². The van der Waals surface area contributed by atoms with E-state index in [9.17, 15) is 9.90 Å². The van der Waals surface area contributed by atoms with Gasteiger partial charge in [0.05, 0.1) is 11.3 Å². The second-order valence-corrected chi connectivity index (χ2v) is 3.99. The number of pyridine rings is 1. The van der Waals surface area contributed by atoms with Crippen molar-refractivity contribution in [2.45, 2.75) is 6.92 Å². The largest absolute Gasteiger partial charge is 0.478 e. The lowest BCUT2D eigenvalue weighted by Crippen LogP contribution is -2.00. The Morgan fingerprint density at radius 1 is 1.22 bits per heavy atom. The van der Waals surface area contributed by atoms with Gasteiger partial charge in [-0.25, -0.2) is 4.79 Å². The number of hydrogen-bond acceptors (Lipinski definition) is 2. The van der Waals surface area contributed by atoms with Crippen molar-refractivity contribution >= 4 is 17.6 Å². The molecule has 0 saturated heterocycles. The quantitative estimate of drug-likeness (QED) is 0.837. The Kier molecular flexibility index (Phi) is 3.53. The van der Waals surface area contributed by atoms with Crippen molar-refractivity contribution in [3.63, 3.8) is 0 Å². The van der Waals surface area contributed by atoms with Gasteiger partial charge in [0.15, 0.2) is 0 Å². The van der Waals surface area contributed by atoms with Crippen molar-refractivity contribution in [1.29, 1.82) is 0 Å². The molecule has 0 aliphatic carbocycles. The number of carboxylic acid groups (broad SMARTS) is 1. The lowest BCUT2D eigenvalue weighted by molar-refractivity contribution is -0.130. The molecular formula is C15H13NO2. The molecule has 2 rings (SSSR count). The summed E-state index contributed by atoms with van der Waals surface area (Å²) in [6.45, 7) is 1.93. The van der Waals surface area contributed by atoms with Crippen LogP contribution in [-0.2, 0) is 4.79 Å². The first-order valence-electron chi connectivity index (χ1n) is 5.60. The second-order valence-electron chi connectivity index (χ2n) is 3.99. The molecule has 1 aromatic heterocycles. The summed E-state index contributed by atoms with van der Waals surface area (Å²) in [6.07, 6.45) is 3.22. The van der Waals surface area contributed by atoms with Crippen LogP contribution < -0.4 is 0 Å². The lowest BCUT2D eigenvalue weighted by Gasteiger charge is -2.04. The normalized spacial score (nSPS) is 11.3. The average molecular weight is 239 g/mol. The highest BCUT2D eigenvalue weighted by Gasteiger charge is 2.10. The van der Waals surface area contributed by atoms with Crippen LogP contribution in [0.1, 0.15) is 16.8 Å². The minimum atomic E-state index is -0.953. The molecule has 0 aliphatic heterocycles. The highest BCUT2D eigenvalue weighted by molar-refractivity contribution is 6.20. The zero-order valence-corrected chi connectivity index (χ0v) is 10.00. The van der Waals surface area contributed by atoms with E-state index in [0.29, 0.717) is 11.3 Å². The van der Waals surface area contributed by atoms with Crippen LogP contribution in [-0.4, -0.2) is 16.1 Å². The van der Waals surface area contributed by atoms with Gasteiger partial charge in [0, 0.05) is 6.20 Å². The molecule has 3 heteroatoms. The topological polar surface area (TPSA) is 50.2 Å². The summed E-state index contributed by atoms with van der Waals surface area (Å²) in [5.41, 5.74) is 2.60. The molecule has 0 bridgehead atoms. The van der Waals surface area contributed by atoms with Gasteiger partial charge in [-0.15, -0.1) is 0 Å². The summed E-state index contributed by atoms with van der Waals surface area (Å²) >= 11 is 0. The lowest BCUT2D eigenvalue weighted by atomic mass is 10.0. The molecule has 18 heavy (non-hydrogen) atoms. The first-order valence-corrected chi connectivity index (χ1v) is 5.60. The predicted molar refractivity (Wildman–Crippen MR) is 70.9 cm³/mol. The van der Waals surface area contributed by atoms with Crippen LogP contribution in [0.15, 0.2) is 48.7 Å². The molecule has 1 N–H and O–H groups in total. The number of nitrogens with zero attached hydrogens (tertiary/aromatic N) is 1. The Bertz CT molecular complexity index is 588. The van der Waals surface area contributed by atoms with Gasteiger partial charge < -0.3 is 5.11 Å². The smallest absolute Gasteiger partial charge is 0.336 e. The van der Waals surface area contributed by atoms with E-state index >= 15 is 0 Å². The van der Waals surface area contributed by atoms with Crippen molar-refractivity contribution in [3.8, 4) is 0 Å². The van der Waals surface area contributed by atoms with Crippen LogP contribution in [0.25, 0.3) is 11.6 Å². The van der Waals surface area contributed by atoms with Crippen LogP contribution in [0, 0.1) is 6.92 Å². The number of carboxylic acids is 1. The number of carbonyl (C=O) groups is 1. The van der Waals surface area contributed by atoms with Gasteiger partial charge in [0.1, 0.15) is 0 Å². The Balaban J connectivity index is 2.47. The monoisotopic (exact) mass is 239 g/mol. The molecule has 0 spiro atoms. The Hall–Kier alpha value is -2.42. The van der Waals surface area contributed by atoms with Crippen LogP contribution in [0.2, 0.25) is 0 Å². The average Bonchev–Trinajstić information content (AvgIpc) is 2.37. The molecule has 0 fully saturated rings. The van der Waals surface area contributed by atoms with E-state index < -0.39 is 5.97 Å². The molecule has 1 aromatic carbocycles. The molecule has 0 saturated carbocycles. The maximum absolute atomic E-state index is 11.3. The van der Waals surface area contributed by atoms with Crippen molar-refractivity contribution < 1.29 is 9.90 Å². The molecule has 1 heterocycles. The molecule has 2 aromatic rings. The van der Waals surface area contributed by atoms with Crippen LogP contribution in [0.5, 0.6) is 0 Å². The standard InChI is InChI=1S/C15H13NO2/c1-11-5-4-6-12(9-11)14(15(17)18)10-13-7-2-3-8-16-13/h2-10H,1H3,(H,17,18)/b14-10+. The summed E-state index contributed by atoms with van der Waals surface area (Å²) in [4.78, 5) is 15.4. The zero-order chi connectivity index (χ0) is 13.0. The van der Waals surface area contributed by atoms with E-state index in [1.54, 1.807) is 30.5 Å². The summed E-state index contributed by atoms with van der Waals surface area (Å²) < 4.78 is 0. The fourth-order valence-corrected chi connectivity index (χ4v) is 1.69. The van der Waals surface area contributed by atoms with Crippen molar-refractivity contribution in [2.75, 3.05) is 0 Å². The van der Waals surface area contributed by atoms with Gasteiger partial charge >= 0.3 is 5.97 Å². The third-order valence-corrected chi connectivity index (χ3v) is 2.54. The number of rotatable bonds is 3. The molecule has 0 aliphatic rings. The fraction of sp³-hybridized carbons (Fsp3) is 0.0667. The highest BCUT2D eigenvalue weighted by atomic mass is 16.4. The third kappa shape index (κ3) is 2.83. The minimum absolute atomic E-state index is 0.248. The predicted octanol–water partition coefficient (Wildman–Crippen LogP) is 3.02. The van der Waals surface area contributed by atoms with Gasteiger partial charge in [-0.2, -0.15) is 0 Å². The first kappa shape index (κ1) is 12.0. The molecule has 0 atom stereocenters. The van der Waals surface area contributed by atoms with E-state index in [1.807, 2.05) is 31.2 Å². The Labute approximate surface area is 105 Å². The number of aliphatic carboxylic acids is 1. The van der Waals surface area contributed by atoms with Crippen molar-refractivity contribution in [2.24, 2.45) is 0 Å². The molecule has 0 amide bonds. The van der Waals surface area contributed by atoms with Gasteiger partial charge in [-0.3, -0.25) is 4.98 Å². The third-order valence-electron chi connectivity index (χ3n) is 2.54. The van der Waals surface area contributed by atoms with Gasteiger partial charge in [0.25, 0.3) is 0 Å². The summed E-state index contributed by atoms with van der Waals surface area (Å²) in [5.74, 6) is -0.953. The van der Waals surface area contributed by atoms with Crippen molar-refractivity contribution in [1.82, 2.24) is 4.98 Å². The van der Waals surface area contributed by atoms with Gasteiger partial charge in [-0.1, -0.05) is 35.9 Å². The molecule has 90 valence electrons. The summed E-state index contributed by atoms with van der Waals surface area (Å²) in [5, 5.41) is 9.28. The van der Waals surface area contributed by atoms with Gasteiger partial charge in [0.2, 0.25) is 0 Å². The van der Waals surface area contributed by atoms with E-state index in [-0.39, 0.29) is 5.57 Å². The second kappa shape index (κ2) is 5.27. The fourth-order valence-electron chi connectivity index (χ4n) is 1.69. The summed E-state index contributed by atoms with van der Waals surface area (Å²) in [7, 11) is 0. The number of benzene rings is 1. The van der Waals surface area contributed by atoms with Crippen LogP contribution >= 0.6 is 0 Å². The Morgan fingerprint density at radius 2 is 2.06 bits per heavy atom. The highest BCUT2D eigenvalue weighted by Crippen LogP contribution is 2.18. The molecular weight excluding hydrogens is 226 g/mol. The van der Waals surface area contributed by atoms with Crippen LogP contribution in [0.4, 0.5) is 0 Å². The maximum atomic E-state index is 11.3. The number of hydrogen-bond donors (Lipinski definition) is 1. The minimum Gasteiger partial charge on any atom is -0.478 e. The molecule has 0 radical (unpaired) electrons. The maximum Gasteiger partial charge on any atom is 0.336 e. The molecule has 3 nitrogen and oxygen atoms in total. The Morgan fingerprint density at radius 3 is 2.67 bits per heavy atom. The zero-order valence-electron chi connectivity index (χ0n) is 10.00. The SMILES string of the molecule is Cc1cccc(/C(=C\c2ccccn2)C(=O)O)c1. The number of aromatic nitrogens is 1. The molecule has 0 unspecified atom stereocenters. The summed E-state index contributed by atoms with van der Waals surface area (Å²) in [6, 6.07) is 12.8. The van der Waals surface area contributed by atoms with E-state index in [0.717, 1.165) is 5.56 Å². The number of aryl methyl sites for hydroxylation is 1. The van der Waals surface area contributed by atoms with Crippen molar-refractivity contribution in [3.05, 3.63) is 65.5 Å². The van der Waals surface area contributed by atoms with E-state index in [4.69, 9.17) is 0 Å². The first-order chi connectivity index (χ1) is 8.66. The van der Waals surface area contributed by atoms with E-state index in [1.165, 1.54) is 0 Å². The van der Waals surface area contributed by atoms with Crippen LogP contribution in [0.3, 0.4) is 0 Å². The van der Waals surface area contributed by atoms with Gasteiger partial charge in [-0.05, 0) is 30.7 Å².